The van der Waals surface area contributed by atoms with Crippen LogP contribution in [0.2, 0.25) is 0 Å². The molecule has 3 aromatic rings. The second-order valence-corrected chi connectivity index (χ2v) is 14.6. The Labute approximate surface area is 272 Å². The van der Waals surface area contributed by atoms with Gasteiger partial charge >= 0.3 is 0 Å². The molecule has 2 aromatic carbocycles. The number of aromatic hydroxyl groups is 1. The smallest absolute Gasteiger partial charge is 0.204 e. The van der Waals surface area contributed by atoms with Crippen molar-refractivity contribution in [2.24, 2.45) is 0 Å². The van der Waals surface area contributed by atoms with Gasteiger partial charge in [-0.05, 0) is 40.5 Å². The van der Waals surface area contributed by atoms with E-state index >= 15 is 0 Å². The van der Waals surface area contributed by atoms with Crippen molar-refractivity contribution in [3.05, 3.63) is 56.8 Å². The lowest BCUT2D eigenvalue weighted by Gasteiger charge is -2.27. The van der Waals surface area contributed by atoms with Gasteiger partial charge in [-0.2, -0.15) is 0 Å². The Balaban J connectivity index is 2.28. The van der Waals surface area contributed by atoms with Crippen molar-refractivity contribution < 1.29 is 42.9 Å². The monoisotopic (exact) mass is 642 g/mol. The van der Waals surface area contributed by atoms with Crippen LogP contribution in [0.1, 0.15) is 38.8 Å². The van der Waals surface area contributed by atoms with Crippen molar-refractivity contribution in [3.63, 3.8) is 0 Å². The molecule has 0 aliphatic carbocycles. The van der Waals surface area contributed by atoms with Crippen molar-refractivity contribution in [2.75, 3.05) is 75.7 Å². The van der Waals surface area contributed by atoms with Crippen LogP contribution >= 0.6 is 0 Å². The Morgan fingerprint density at radius 3 is 1.72 bits per heavy atom. The Hall–Kier alpha value is -3.57. The number of phenolic OH excluding ortho intramolecular Hbond substituents is 1. The number of phenols is 1. The number of rotatable bonds is 15. The Bertz CT molecular complexity index is 1650. The van der Waals surface area contributed by atoms with Crippen LogP contribution in [0, 0.1) is 0 Å². The zero-order chi connectivity index (χ0) is 34.6. The fourth-order valence-corrected chi connectivity index (χ4v) is 5.41. The summed E-state index contributed by atoms with van der Waals surface area (Å²) in [5.74, 6) is 0.797. The summed E-state index contributed by atoms with van der Waals surface area (Å²) in [5.41, 5.74) is 3.06. The standard InChI is InChI=1S/C36H53N2O8/c1-22(2)12-14-26-28(44-20-24(39)18-37(5,6)7)16-30-33(34(26)41)35(42)32-27(15-13-23(3)4)36(43-11)31(17-29(32)46-30)45-21-25(40)19-38(8,9)10/h12-13,16-17,24-25,39-40H,14-15,18-21H2,1-11H3/q+1/p+1. The molecule has 2 atom stereocenters. The summed E-state index contributed by atoms with van der Waals surface area (Å²) in [6.45, 7) is 8.79. The summed E-state index contributed by atoms with van der Waals surface area (Å²) >= 11 is 0. The fourth-order valence-electron chi connectivity index (χ4n) is 5.41. The van der Waals surface area contributed by atoms with E-state index in [0.717, 1.165) is 11.1 Å². The van der Waals surface area contributed by atoms with Crippen LogP contribution in [-0.4, -0.2) is 112 Å². The minimum atomic E-state index is -0.755. The normalized spacial score (nSPS) is 13.4. The van der Waals surface area contributed by atoms with Crippen LogP contribution in [0.3, 0.4) is 0 Å². The van der Waals surface area contributed by atoms with Crippen LogP contribution in [0.15, 0.2) is 44.6 Å². The predicted octanol–water partition coefficient (Wildman–Crippen LogP) is 4.57. The van der Waals surface area contributed by atoms with E-state index in [4.69, 9.17) is 18.6 Å². The van der Waals surface area contributed by atoms with Crippen LogP contribution in [-0.2, 0) is 12.8 Å². The van der Waals surface area contributed by atoms with Gasteiger partial charge in [-0.3, -0.25) is 4.79 Å². The summed E-state index contributed by atoms with van der Waals surface area (Å²) in [5, 5.41) is 33.2. The molecule has 0 saturated carbocycles. The average molecular weight is 643 g/mol. The minimum Gasteiger partial charge on any atom is -0.507 e. The molecule has 0 spiro atoms. The third-order valence-electron chi connectivity index (χ3n) is 7.32. The molecule has 10 heteroatoms. The van der Waals surface area contributed by atoms with E-state index < -0.39 is 17.6 Å². The van der Waals surface area contributed by atoms with E-state index in [1.54, 1.807) is 12.1 Å². The maximum Gasteiger partial charge on any atom is 0.204 e. The Morgan fingerprint density at radius 1 is 0.783 bits per heavy atom. The SMILES string of the molecule is COc1c(OCC(O)C[N+](C)(C)C)cc2oc3cc(OCC(O)C[N+](C)(C)C)c(CC=C(C)C)c(O)c3c(=O)c2c1CC=C(C)C. The van der Waals surface area contributed by atoms with Gasteiger partial charge in [0.15, 0.2) is 11.5 Å². The van der Waals surface area contributed by atoms with Crippen LogP contribution in [0.5, 0.6) is 23.0 Å². The van der Waals surface area contributed by atoms with Gasteiger partial charge in [0, 0.05) is 23.3 Å². The topological polar surface area (TPSA) is 119 Å². The van der Waals surface area contributed by atoms with Crippen molar-refractivity contribution in [1.82, 2.24) is 0 Å². The molecule has 10 nitrogen and oxygen atoms in total. The largest absolute Gasteiger partial charge is 0.507 e. The Kier molecular flexibility index (Phi) is 11.9. The van der Waals surface area contributed by atoms with Crippen LogP contribution < -0.4 is 19.6 Å². The molecule has 254 valence electrons. The van der Waals surface area contributed by atoms with Crippen molar-refractivity contribution >= 4 is 21.9 Å². The molecule has 0 fully saturated rings. The summed E-state index contributed by atoms with van der Waals surface area (Å²) in [4.78, 5) is 14.3. The van der Waals surface area contributed by atoms with Gasteiger partial charge < -0.3 is 42.9 Å². The predicted molar refractivity (Wildman–Crippen MR) is 183 cm³/mol. The maximum atomic E-state index is 14.3. The second-order valence-electron chi connectivity index (χ2n) is 14.6. The lowest BCUT2D eigenvalue weighted by molar-refractivity contribution is -0.873. The first-order chi connectivity index (χ1) is 21.3. The Morgan fingerprint density at radius 2 is 1.24 bits per heavy atom. The summed E-state index contributed by atoms with van der Waals surface area (Å²) < 4.78 is 25.4. The van der Waals surface area contributed by atoms with Gasteiger partial charge in [-0.15, -0.1) is 0 Å². The first-order valence-corrected chi connectivity index (χ1v) is 15.7. The maximum absolute atomic E-state index is 14.3. The number of fused-ring (bicyclic) bond motifs is 2. The molecular weight excluding hydrogens is 588 g/mol. The van der Waals surface area contributed by atoms with Gasteiger partial charge in [0.25, 0.3) is 0 Å². The van der Waals surface area contributed by atoms with Crippen LogP contribution in [0.4, 0.5) is 0 Å². The van der Waals surface area contributed by atoms with Gasteiger partial charge in [-0.25, -0.2) is 0 Å². The van der Waals surface area contributed by atoms with Gasteiger partial charge in [-0.1, -0.05) is 23.3 Å². The molecule has 0 amide bonds. The zero-order valence-corrected chi connectivity index (χ0v) is 29.5. The van der Waals surface area contributed by atoms with Crippen molar-refractivity contribution in [1.29, 1.82) is 0 Å². The molecule has 1 heterocycles. The third kappa shape index (κ3) is 9.72. The molecule has 46 heavy (non-hydrogen) atoms. The number of aliphatic hydroxyl groups is 2. The van der Waals surface area contributed by atoms with E-state index in [1.807, 2.05) is 82.1 Å². The molecular formula is C36H54N2O8+2. The number of allylic oxidation sites excluding steroid dienone is 4. The van der Waals surface area contributed by atoms with E-state index in [-0.39, 0.29) is 40.9 Å². The van der Waals surface area contributed by atoms with E-state index in [9.17, 15) is 20.1 Å². The van der Waals surface area contributed by atoms with Crippen molar-refractivity contribution in [3.8, 4) is 23.0 Å². The van der Waals surface area contributed by atoms with E-state index in [0.29, 0.717) is 63.3 Å². The van der Waals surface area contributed by atoms with Gasteiger partial charge in [0.1, 0.15) is 66.6 Å². The lowest BCUT2D eigenvalue weighted by atomic mass is 9.98. The number of methoxy groups -OCH3 is 1. The number of nitrogens with zero attached hydrogens (tertiary/aromatic N) is 2. The highest BCUT2D eigenvalue weighted by molar-refractivity contribution is 5.98. The first kappa shape index (κ1) is 36.9. The highest BCUT2D eigenvalue weighted by atomic mass is 16.5. The van der Waals surface area contributed by atoms with Gasteiger partial charge in [0.05, 0.1) is 54.8 Å². The molecule has 0 aliphatic heterocycles. The number of hydrogen-bond donors (Lipinski definition) is 3. The summed E-state index contributed by atoms with van der Waals surface area (Å²) in [7, 11) is 13.4. The van der Waals surface area contributed by atoms with Gasteiger partial charge in [0.2, 0.25) is 5.43 Å². The number of benzene rings is 2. The van der Waals surface area contributed by atoms with Crippen LogP contribution in [0.25, 0.3) is 21.9 Å². The first-order valence-electron chi connectivity index (χ1n) is 15.7. The number of likely N-dealkylation sites (N-methyl/N-ethyl adjacent to an activating group) is 2. The lowest BCUT2D eigenvalue weighted by Crippen LogP contribution is -2.43. The fraction of sp³-hybridized carbons (Fsp3) is 0.528. The molecule has 2 unspecified atom stereocenters. The number of ether oxygens (including phenoxy) is 3. The molecule has 0 bridgehead atoms. The van der Waals surface area contributed by atoms with Crippen molar-refractivity contribution in [2.45, 2.75) is 52.7 Å². The second kappa shape index (κ2) is 14.9. The number of hydrogen-bond acceptors (Lipinski definition) is 8. The average Bonchev–Trinajstić information content (AvgIpc) is 2.90. The zero-order valence-electron chi connectivity index (χ0n) is 29.5. The molecule has 0 radical (unpaired) electrons. The molecule has 1 aromatic heterocycles. The molecule has 3 rings (SSSR count). The quantitative estimate of drug-likeness (QED) is 0.125. The molecule has 3 N–H and O–H groups in total. The number of quaternary nitrogens is 2. The molecule has 0 aliphatic rings. The third-order valence-corrected chi connectivity index (χ3v) is 7.32. The summed E-state index contributed by atoms with van der Waals surface area (Å²) in [6.07, 6.45) is 3.10. The minimum absolute atomic E-state index is 0.00224. The van der Waals surface area contributed by atoms with E-state index in [1.165, 1.54) is 7.11 Å². The number of aliphatic hydroxyl groups excluding tert-OH is 2. The highest BCUT2D eigenvalue weighted by Gasteiger charge is 2.26. The summed E-state index contributed by atoms with van der Waals surface area (Å²) in [6, 6.07) is 3.20. The highest BCUT2D eigenvalue weighted by Crippen LogP contribution is 2.41. The van der Waals surface area contributed by atoms with E-state index in [2.05, 4.69) is 0 Å². The molecule has 0 saturated heterocycles.